The van der Waals surface area contributed by atoms with E-state index in [9.17, 15) is 24.2 Å². The number of aromatic nitrogens is 2. The summed E-state index contributed by atoms with van der Waals surface area (Å²) in [6, 6.07) is 16.4. The summed E-state index contributed by atoms with van der Waals surface area (Å²) in [4.78, 5) is 43.6. The molecule has 66 heavy (non-hydrogen) atoms. The van der Waals surface area contributed by atoms with Crippen LogP contribution in [-0.4, -0.2) is 89.7 Å². The molecule has 4 aromatic rings. The summed E-state index contributed by atoms with van der Waals surface area (Å²) in [6.45, 7) is 3.96. The molecule has 0 amide bonds. The molecule has 0 saturated carbocycles. The van der Waals surface area contributed by atoms with E-state index < -0.39 is 13.4 Å². The first kappa shape index (κ1) is 51.6. The predicted molar refractivity (Wildman–Crippen MR) is 264 cm³/mol. The number of aliphatic hydroxyl groups is 1. The number of unbranched alkanes of at least 4 members (excludes halogenated alkanes) is 15. The number of benzene rings is 2. The van der Waals surface area contributed by atoms with Crippen LogP contribution in [0.5, 0.6) is 11.5 Å². The summed E-state index contributed by atoms with van der Waals surface area (Å²) in [5, 5.41) is 12.4. The lowest BCUT2D eigenvalue weighted by Crippen LogP contribution is -2.43. The zero-order valence-electron chi connectivity index (χ0n) is 40.9. The van der Waals surface area contributed by atoms with Gasteiger partial charge >= 0.3 is 7.82 Å². The summed E-state index contributed by atoms with van der Waals surface area (Å²) in [6.07, 6.45) is 21.6. The molecule has 362 valence electrons. The Morgan fingerprint density at radius 1 is 0.788 bits per heavy atom. The monoisotopic (exact) mass is 930 g/mol. The molecule has 0 fully saturated rings. The van der Waals surface area contributed by atoms with Gasteiger partial charge in [0.05, 0.1) is 51.2 Å². The third-order valence-electron chi connectivity index (χ3n) is 13.4. The number of fused-ring (bicyclic) bond motifs is 5. The number of carbonyl (C=O) groups excluding carboxylic acids is 1. The molecule has 0 saturated heterocycles. The summed E-state index contributed by atoms with van der Waals surface area (Å²) < 4.78 is 31.1. The van der Waals surface area contributed by atoms with E-state index in [0.717, 1.165) is 64.9 Å². The zero-order valence-corrected chi connectivity index (χ0v) is 41.8. The zero-order chi connectivity index (χ0) is 47.3. The highest BCUT2D eigenvalue weighted by atomic mass is 31.2. The normalized spacial score (nSPS) is 16.7. The number of ketones is 1. The molecular weight excluding hydrogens is 852 g/mol. The van der Waals surface area contributed by atoms with Crippen LogP contribution < -0.4 is 10.3 Å². The molecule has 0 bridgehead atoms. The first-order chi connectivity index (χ1) is 31.6. The number of hydrogen-bond acceptors (Lipinski definition) is 9. The Hall–Kier alpha value is -3.74. The summed E-state index contributed by atoms with van der Waals surface area (Å²) in [5.74, 6) is 1.34. The van der Waals surface area contributed by atoms with E-state index in [4.69, 9.17) is 18.8 Å². The van der Waals surface area contributed by atoms with Crippen molar-refractivity contribution in [3.05, 3.63) is 86.7 Å². The maximum absolute atomic E-state index is 13.8. The fourth-order valence-corrected chi connectivity index (χ4v) is 10.2. The maximum atomic E-state index is 13.8. The van der Waals surface area contributed by atoms with Crippen molar-refractivity contribution in [2.24, 2.45) is 0 Å². The predicted octanol–water partition coefficient (Wildman–Crippen LogP) is 11.0. The van der Waals surface area contributed by atoms with Crippen LogP contribution in [0.4, 0.5) is 0 Å². The van der Waals surface area contributed by atoms with E-state index in [1.165, 1.54) is 89.0 Å². The van der Waals surface area contributed by atoms with Crippen LogP contribution in [0, 0.1) is 0 Å². The number of ether oxygens (including phenoxy) is 1. The molecule has 3 heterocycles. The Bertz CT molecular complexity index is 2340. The third kappa shape index (κ3) is 14.2. The molecule has 1 aliphatic carbocycles. The van der Waals surface area contributed by atoms with Gasteiger partial charge in [-0.1, -0.05) is 109 Å². The molecule has 12 nitrogen and oxygen atoms in total. The summed E-state index contributed by atoms with van der Waals surface area (Å²) in [5.41, 5.74) is 4.66. The van der Waals surface area contributed by atoms with Crippen molar-refractivity contribution in [3.8, 4) is 22.9 Å². The van der Waals surface area contributed by atoms with E-state index in [1.54, 1.807) is 11.5 Å². The number of carbonyl (C=O) groups is 1. The number of phosphoric acid groups is 1. The van der Waals surface area contributed by atoms with Crippen molar-refractivity contribution in [2.45, 2.75) is 154 Å². The van der Waals surface area contributed by atoms with Crippen molar-refractivity contribution >= 4 is 24.5 Å². The van der Waals surface area contributed by atoms with Gasteiger partial charge in [0.1, 0.15) is 30.3 Å². The van der Waals surface area contributed by atoms with E-state index in [-0.39, 0.29) is 37.4 Å². The van der Waals surface area contributed by atoms with Crippen LogP contribution in [0.25, 0.3) is 22.3 Å². The van der Waals surface area contributed by atoms with Crippen LogP contribution in [0.1, 0.15) is 150 Å². The van der Waals surface area contributed by atoms with Crippen molar-refractivity contribution in [3.63, 3.8) is 0 Å². The molecule has 2 N–H and O–H groups in total. The fourth-order valence-electron chi connectivity index (χ4n) is 9.45. The lowest BCUT2D eigenvalue weighted by Gasteiger charge is -2.32. The lowest BCUT2D eigenvalue weighted by atomic mass is 9.77. The van der Waals surface area contributed by atoms with Crippen molar-refractivity contribution in [1.29, 1.82) is 0 Å². The van der Waals surface area contributed by atoms with E-state index in [0.29, 0.717) is 47.4 Å². The van der Waals surface area contributed by atoms with Crippen molar-refractivity contribution in [2.75, 3.05) is 55.0 Å². The van der Waals surface area contributed by atoms with Crippen molar-refractivity contribution < 1.29 is 37.6 Å². The number of Topliss-reactive ketones (excluding diaryl/α,β-unsaturated/α-hetero) is 1. The first-order valence-corrected chi connectivity index (χ1v) is 26.4. The Labute approximate surface area is 393 Å². The minimum Gasteiger partial charge on any atom is -0.457 e. The molecule has 0 spiro atoms. The minimum atomic E-state index is -3.94. The van der Waals surface area contributed by atoms with Crippen LogP contribution >= 0.6 is 7.82 Å². The van der Waals surface area contributed by atoms with Gasteiger partial charge < -0.3 is 28.7 Å². The highest BCUT2D eigenvalue weighted by molar-refractivity contribution is 7.47. The van der Waals surface area contributed by atoms with Gasteiger partial charge in [-0.25, -0.2) is 9.55 Å². The second kappa shape index (κ2) is 24.0. The lowest BCUT2D eigenvalue weighted by molar-refractivity contribution is -0.870. The number of likely N-dealkylation sites (N-methyl/N-ethyl adjacent to an activating group) is 1. The Kier molecular flexibility index (Phi) is 18.8. The fraction of sp³-hybridized carbons (Fsp3) is 0.604. The Morgan fingerprint density at radius 2 is 1.38 bits per heavy atom. The topological polar surface area (TPSA) is 140 Å². The number of nitrogens with zero attached hydrogens (tertiary/aromatic N) is 4. The highest BCUT2D eigenvalue weighted by Crippen LogP contribution is 2.44. The number of phosphoric ester groups is 1. The Morgan fingerprint density at radius 3 is 1.97 bits per heavy atom. The number of hydrogen-bond donors (Lipinski definition) is 2. The number of rotatable bonds is 29. The molecule has 1 unspecified atom stereocenters. The molecule has 13 heteroatoms. The molecule has 2 aromatic heterocycles. The molecule has 2 aromatic carbocycles. The molecule has 1 aliphatic heterocycles. The number of quaternary nitrogens is 1. The SMILES string of the molecule is CC[C@@]1(O)C(=O)CCc2c1cc1n(c2=O)Cc2cc3c(CN(C)C)c(Oc4ccc(CCCCCCCCCCCCCCCCCCOP(=O)(O)OCC[N+](C)(C)C)cc4)ccc3nc2-1. The van der Waals surface area contributed by atoms with Gasteiger partial charge in [-0.05, 0) is 88.2 Å². The third-order valence-corrected chi connectivity index (χ3v) is 14.4. The standard InChI is InChI=1S/C53H77N4O8P/c1-7-53(60)46-37-48-51-41(38-56(48)52(59)43(46)29-32-50(53)58)36-44-45(39-55(2)3)49(31-30-47(44)54-51)65-42-27-25-40(26-28-42)24-22-20-18-16-14-12-10-8-9-11-13-15-17-19-21-23-34-63-66(61,62)64-35-33-57(4,5)6/h25-28,30-31,36-37,60H,7-24,29,32-35,38-39H2,1-6H3/p+1/t53-/m0/s1. The van der Waals surface area contributed by atoms with Crippen LogP contribution in [-0.2, 0) is 49.9 Å². The molecular formula is C53H78N4O8P+. The van der Waals surface area contributed by atoms with Crippen LogP contribution in [0.3, 0.4) is 0 Å². The van der Waals surface area contributed by atoms with Gasteiger partial charge in [-0.15, -0.1) is 0 Å². The minimum absolute atomic E-state index is 0.145. The van der Waals surface area contributed by atoms with Crippen LogP contribution in [0.2, 0.25) is 0 Å². The number of pyridine rings is 2. The van der Waals surface area contributed by atoms with Gasteiger partial charge in [-0.3, -0.25) is 18.6 Å². The quantitative estimate of drug-likeness (QED) is 0.0270. The van der Waals surface area contributed by atoms with Gasteiger partial charge in [0, 0.05) is 40.6 Å². The Balaban J connectivity index is 0.854. The first-order valence-electron chi connectivity index (χ1n) is 24.9. The molecule has 0 radical (unpaired) electrons. The van der Waals surface area contributed by atoms with Gasteiger partial charge in [0.2, 0.25) is 0 Å². The smallest absolute Gasteiger partial charge is 0.457 e. The largest absolute Gasteiger partial charge is 0.472 e. The van der Waals surface area contributed by atoms with Gasteiger partial charge in [0.15, 0.2) is 5.78 Å². The highest BCUT2D eigenvalue weighted by Gasteiger charge is 2.43. The molecule has 2 aliphatic rings. The molecule has 2 atom stereocenters. The van der Waals surface area contributed by atoms with Gasteiger partial charge in [-0.2, -0.15) is 0 Å². The van der Waals surface area contributed by atoms with Crippen LogP contribution in [0.15, 0.2) is 53.3 Å². The second-order valence-corrected chi connectivity index (χ2v) is 21.5. The van der Waals surface area contributed by atoms with Crippen molar-refractivity contribution in [1.82, 2.24) is 14.5 Å². The average Bonchev–Trinajstić information content (AvgIpc) is 3.63. The maximum Gasteiger partial charge on any atom is 0.472 e. The van der Waals surface area contributed by atoms with E-state index >= 15 is 0 Å². The van der Waals surface area contributed by atoms with E-state index in [2.05, 4.69) is 35.2 Å². The second-order valence-electron chi connectivity index (χ2n) is 20.1. The van der Waals surface area contributed by atoms with E-state index in [1.807, 2.05) is 53.4 Å². The summed E-state index contributed by atoms with van der Waals surface area (Å²) >= 11 is 0. The number of aryl methyl sites for hydroxylation is 1. The van der Waals surface area contributed by atoms with Gasteiger partial charge in [0.25, 0.3) is 5.56 Å². The average molecular weight is 930 g/mol. The molecule has 6 rings (SSSR count). The summed E-state index contributed by atoms with van der Waals surface area (Å²) in [7, 11) is 6.18.